The quantitative estimate of drug-likeness (QED) is 0.623. The summed E-state index contributed by atoms with van der Waals surface area (Å²) in [5.41, 5.74) is 2.38. The minimum atomic E-state index is -3.05. The van der Waals surface area contributed by atoms with Crippen LogP contribution < -0.4 is 0 Å². The van der Waals surface area contributed by atoms with Gasteiger partial charge in [-0.1, -0.05) is 35.3 Å². The first-order valence-electron chi connectivity index (χ1n) is 9.36. The van der Waals surface area contributed by atoms with E-state index >= 15 is 0 Å². The average Bonchev–Trinajstić information content (AvgIpc) is 3.15. The van der Waals surface area contributed by atoms with Crippen molar-refractivity contribution in [1.82, 2.24) is 14.7 Å². The molecule has 2 aromatic rings. The second-order valence-electron chi connectivity index (χ2n) is 7.09. The van der Waals surface area contributed by atoms with Crippen LogP contribution in [0.15, 0.2) is 30.3 Å². The van der Waals surface area contributed by atoms with Gasteiger partial charge in [-0.05, 0) is 44.0 Å². The molecule has 0 aliphatic carbocycles. The van der Waals surface area contributed by atoms with E-state index in [4.69, 9.17) is 23.2 Å². The molecule has 1 fully saturated rings. The first-order chi connectivity index (χ1) is 13.7. The number of aromatic nitrogens is 2. The Labute approximate surface area is 181 Å². The number of hydrogen-bond acceptors (Lipinski definition) is 4. The number of hydrogen-bond donors (Lipinski definition) is 0. The van der Waals surface area contributed by atoms with Crippen molar-refractivity contribution in [3.63, 3.8) is 0 Å². The van der Waals surface area contributed by atoms with Gasteiger partial charge in [0.25, 0.3) is 0 Å². The van der Waals surface area contributed by atoms with Crippen LogP contribution in [-0.2, 0) is 21.2 Å². The first kappa shape index (κ1) is 21.9. The SMILES string of the molecule is CCN(C(=O)/C=C\c1c(C)nn(Cc2ccc(Cl)cc2)c1Cl)[C@H]1CCS(=O)(=O)C1. The number of likely N-dealkylation sites (N-methyl/N-ethyl adjacent to an activating group) is 1. The fourth-order valence-electron chi connectivity index (χ4n) is 3.49. The van der Waals surface area contributed by atoms with E-state index in [1.54, 1.807) is 15.7 Å². The fourth-order valence-corrected chi connectivity index (χ4v) is 5.64. The van der Waals surface area contributed by atoms with Crippen LogP contribution >= 0.6 is 23.2 Å². The van der Waals surface area contributed by atoms with Gasteiger partial charge in [-0.2, -0.15) is 5.10 Å². The summed E-state index contributed by atoms with van der Waals surface area (Å²) in [4.78, 5) is 14.3. The minimum Gasteiger partial charge on any atom is -0.335 e. The lowest BCUT2D eigenvalue weighted by Crippen LogP contribution is -2.40. The predicted molar refractivity (Wildman–Crippen MR) is 116 cm³/mol. The van der Waals surface area contributed by atoms with E-state index in [2.05, 4.69) is 5.10 Å². The number of benzene rings is 1. The van der Waals surface area contributed by atoms with Crippen LogP contribution in [0.1, 0.15) is 30.2 Å². The molecule has 1 aromatic carbocycles. The molecule has 1 saturated heterocycles. The number of sulfone groups is 1. The highest BCUT2D eigenvalue weighted by atomic mass is 35.5. The third-order valence-corrected chi connectivity index (χ3v) is 7.42. The van der Waals surface area contributed by atoms with Crippen molar-refractivity contribution >= 4 is 45.0 Å². The maximum absolute atomic E-state index is 12.7. The zero-order valence-electron chi connectivity index (χ0n) is 16.3. The van der Waals surface area contributed by atoms with Crippen molar-refractivity contribution < 1.29 is 13.2 Å². The monoisotopic (exact) mass is 455 g/mol. The number of rotatable bonds is 6. The number of nitrogens with zero attached hydrogens (tertiary/aromatic N) is 3. The summed E-state index contributed by atoms with van der Waals surface area (Å²) in [7, 11) is -3.05. The zero-order chi connectivity index (χ0) is 21.2. The lowest BCUT2D eigenvalue weighted by molar-refractivity contribution is -0.127. The van der Waals surface area contributed by atoms with E-state index in [0.29, 0.717) is 40.9 Å². The largest absolute Gasteiger partial charge is 0.335 e. The van der Waals surface area contributed by atoms with Gasteiger partial charge in [-0.3, -0.25) is 4.79 Å². The van der Waals surface area contributed by atoms with Gasteiger partial charge in [0.15, 0.2) is 9.84 Å². The Kier molecular flexibility index (Phi) is 6.71. The molecule has 1 amide bonds. The van der Waals surface area contributed by atoms with Gasteiger partial charge in [0.1, 0.15) is 5.15 Å². The number of aryl methyl sites for hydroxylation is 1. The van der Waals surface area contributed by atoms with Gasteiger partial charge in [-0.25, -0.2) is 13.1 Å². The van der Waals surface area contributed by atoms with Gasteiger partial charge in [0.2, 0.25) is 5.91 Å². The molecule has 0 bridgehead atoms. The molecule has 1 atom stereocenters. The van der Waals surface area contributed by atoms with Gasteiger partial charge in [0, 0.05) is 29.2 Å². The number of carbonyl (C=O) groups is 1. The summed E-state index contributed by atoms with van der Waals surface area (Å²) in [5.74, 6) is -0.0669. The highest BCUT2D eigenvalue weighted by Gasteiger charge is 2.33. The Morgan fingerprint density at radius 2 is 2.00 bits per heavy atom. The Balaban J connectivity index is 1.75. The van der Waals surface area contributed by atoms with Gasteiger partial charge in [-0.15, -0.1) is 0 Å². The van der Waals surface area contributed by atoms with Crippen LogP contribution in [0.5, 0.6) is 0 Å². The molecule has 156 valence electrons. The van der Waals surface area contributed by atoms with Crippen LogP contribution in [0.25, 0.3) is 6.08 Å². The number of carbonyl (C=O) groups excluding carboxylic acids is 1. The molecule has 0 N–H and O–H groups in total. The maximum atomic E-state index is 12.7. The van der Waals surface area contributed by atoms with Crippen molar-refractivity contribution in [2.75, 3.05) is 18.1 Å². The minimum absolute atomic E-state index is 0.0270. The molecule has 0 spiro atoms. The molecule has 6 nitrogen and oxygen atoms in total. The lowest BCUT2D eigenvalue weighted by Gasteiger charge is -2.25. The zero-order valence-corrected chi connectivity index (χ0v) is 18.6. The fraction of sp³-hybridized carbons (Fsp3) is 0.400. The average molecular weight is 456 g/mol. The summed E-state index contributed by atoms with van der Waals surface area (Å²) in [6.45, 7) is 4.61. The van der Waals surface area contributed by atoms with Crippen molar-refractivity contribution in [3.8, 4) is 0 Å². The second-order valence-corrected chi connectivity index (χ2v) is 10.1. The summed E-state index contributed by atoms with van der Waals surface area (Å²) < 4.78 is 25.1. The second kappa shape index (κ2) is 8.90. The summed E-state index contributed by atoms with van der Waals surface area (Å²) in [6, 6.07) is 7.16. The standard InChI is InChI=1S/C20H23Cl2N3O3S/c1-3-24(17-10-11-29(27,28)13-17)19(26)9-8-18-14(2)23-25(20(18)22)12-15-4-6-16(21)7-5-15/h4-9,17H,3,10-13H2,1-2H3/b9-8-/t17-/m0/s1. The van der Waals surface area contributed by atoms with Crippen LogP contribution in [0.3, 0.4) is 0 Å². The molecule has 29 heavy (non-hydrogen) atoms. The van der Waals surface area contributed by atoms with Crippen LogP contribution in [0.4, 0.5) is 0 Å². The highest BCUT2D eigenvalue weighted by Crippen LogP contribution is 2.24. The molecule has 9 heteroatoms. The predicted octanol–water partition coefficient (Wildman–Crippen LogP) is 3.60. The molecule has 1 aliphatic rings. The maximum Gasteiger partial charge on any atom is 0.246 e. The molecule has 1 aromatic heterocycles. The van der Waals surface area contributed by atoms with E-state index < -0.39 is 9.84 Å². The van der Waals surface area contributed by atoms with Gasteiger partial charge in [0.05, 0.1) is 23.7 Å². The third kappa shape index (κ3) is 5.21. The number of halogens is 2. The van der Waals surface area contributed by atoms with Crippen molar-refractivity contribution in [1.29, 1.82) is 0 Å². The van der Waals surface area contributed by atoms with Crippen LogP contribution in [0.2, 0.25) is 10.2 Å². The molecular weight excluding hydrogens is 433 g/mol. The van der Waals surface area contributed by atoms with E-state index in [1.807, 2.05) is 38.1 Å². The summed E-state index contributed by atoms with van der Waals surface area (Å²) >= 11 is 12.4. The summed E-state index contributed by atoms with van der Waals surface area (Å²) in [6.07, 6.45) is 3.57. The normalized spacial score (nSPS) is 18.4. The first-order valence-corrected chi connectivity index (χ1v) is 11.9. The van der Waals surface area contributed by atoms with E-state index in [-0.39, 0.29) is 23.5 Å². The molecule has 2 heterocycles. The van der Waals surface area contributed by atoms with Crippen LogP contribution in [0, 0.1) is 6.92 Å². The Morgan fingerprint density at radius 1 is 1.31 bits per heavy atom. The highest BCUT2D eigenvalue weighted by molar-refractivity contribution is 7.91. The molecular formula is C20H23Cl2N3O3S. The van der Waals surface area contributed by atoms with E-state index in [9.17, 15) is 13.2 Å². The molecule has 3 rings (SSSR count). The topological polar surface area (TPSA) is 72.3 Å². The van der Waals surface area contributed by atoms with Crippen molar-refractivity contribution in [2.45, 2.75) is 32.9 Å². The third-order valence-electron chi connectivity index (χ3n) is 5.02. The number of amides is 1. The van der Waals surface area contributed by atoms with Crippen molar-refractivity contribution in [2.24, 2.45) is 0 Å². The van der Waals surface area contributed by atoms with Gasteiger partial charge < -0.3 is 4.90 Å². The molecule has 0 saturated carbocycles. The van der Waals surface area contributed by atoms with Gasteiger partial charge >= 0.3 is 0 Å². The van der Waals surface area contributed by atoms with E-state index in [1.165, 1.54) is 6.08 Å². The van der Waals surface area contributed by atoms with Crippen molar-refractivity contribution in [3.05, 3.63) is 57.3 Å². The van der Waals surface area contributed by atoms with Crippen LogP contribution in [-0.4, -0.2) is 53.1 Å². The van der Waals surface area contributed by atoms with E-state index in [0.717, 1.165) is 5.56 Å². The summed E-state index contributed by atoms with van der Waals surface area (Å²) in [5, 5.41) is 5.56. The Hall–Kier alpha value is -1.83. The smallest absolute Gasteiger partial charge is 0.246 e. The Morgan fingerprint density at radius 3 is 2.59 bits per heavy atom. The Bertz CT molecular complexity index is 1030. The molecule has 1 aliphatic heterocycles. The lowest BCUT2D eigenvalue weighted by atomic mass is 10.2. The molecule has 0 unspecified atom stereocenters. The molecule has 0 radical (unpaired) electrons.